The second-order valence-corrected chi connectivity index (χ2v) is 7.43. The molecular formula is C20H28ClN3O3. The maximum Gasteiger partial charge on any atom is 0.222 e. The molecule has 1 N–H and O–H groups in total. The highest BCUT2D eigenvalue weighted by Gasteiger charge is 2.20. The number of Topliss-reactive ketones (excluding diaryl/α,β-unsaturated/α-hetero) is 1. The van der Waals surface area contributed by atoms with Gasteiger partial charge in [-0.3, -0.25) is 14.4 Å². The molecule has 1 aromatic carbocycles. The number of hydrogen-bond acceptors (Lipinski definition) is 4. The molecule has 2 amide bonds. The Balaban J connectivity index is 1.93. The van der Waals surface area contributed by atoms with Gasteiger partial charge in [0.1, 0.15) is 0 Å². The van der Waals surface area contributed by atoms with Crippen molar-refractivity contribution in [2.75, 3.05) is 39.8 Å². The van der Waals surface area contributed by atoms with Crippen LogP contribution in [0.2, 0.25) is 5.02 Å². The molecule has 0 spiro atoms. The highest BCUT2D eigenvalue weighted by molar-refractivity contribution is 6.30. The molecule has 1 aliphatic rings. The maximum absolute atomic E-state index is 12.5. The van der Waals surface area contributed by atoms with Crippen molar-refractivity contribution >= 4 is 29.2 Å². The van der Waals surface area contributed by atoms with Crippen molar-refractivity contribution in [3.8, 4) is 0 Å². The predicted molar refractivity (Wildman–Crippen MR) is 106 cm³/mol. The number of amides is 2. The van der Waals surface area contributed by atoms with Crippen LogP contribution in [0.3, 0.4) is 0 Å². The van der Waals surface area contributed by atoms with Gasteiger partial charge in [0.2, 0.25) is 11.8 Å². The minimum Gasteiger partial charge on any atom is -0.356 e. The molecule has 0 radical (unpaired) electrons. The average Bonchev–Trinajstić information content (AvgIpc) is 2.63. The Morgan fingerprint density at radius 1 is 1.11 bits per heavy atom. The van der Waals surface area contributed by atoms with E-state index in [-0.39, 0.29) is 17.6 Å². The van der Waals surface area contributed by atoms with Crippen molar-refractivity contribution in [2.45, 2.75) is 32.6 Å². The smallest absolute Gasteiger partial charge is 0.222 e. The number of piperazine rings is 1. The number of hydrogen-bond donors (Lipinski definition) is 1. The fraction of sp³-hybridized carbons (Fsp3) is 0.550. The van der Waals surface area contributed by atoms with Gasteiger partial charge in [-0.25, -0.2) is 0 Å². The third-order valence-electron chi connectivity index (χ3n) is 4.79. The van der Waals surface area contributed by atoms with Gasteiger partial charge in [-0.15, -0.1) is 0 Å². The Hall–Kier alpha value is -1.92. The molecule has 0 bridgehead atoms. The molecule has 0 aliphatic carbocycles. The maximum atomic E-state index is 12.5. The Labute approximate surface area is 165 Å². The van der Waals surface area contributed by atoms with Crippen LogP contribution in [0.15, 0.2) is 18.2 Å². The summed E-state index contributed by atoms with van der Waals surface area (Å²) in [5.74, 6) is 0.0308. The lowest BCUT2D eigenvalue weighted by Crippen LogP contribution is -2.47. The summed E-state index contributed by atoms with van der Waals surface area (Å²) in [4.78, 5) is 40.0. The van der Waals surface area contributed by atoms with Crippen LogP contribution in [-0.4, -0.2) is 67.2 Å². The van der Waals surface area contributed by atoms with Crippen LogP contribution in [0, 0.1) is 0 Å². The van der Waals surface area contributed by atoms with Crippen LogP contribution in [0.4, 0.5) is 0 Å². The van der Waals surface area contributed by atoms with E-state index in [1.165, 1.54) is 6.92 Å². The number of likely N-dealkylation sites (N-methyl/N-ethyl adjacent to an activating group) is 1. The molecule has 0 atom stereocenters. The fourth-order valence-electron chi connectivity index (χ4n) is 3.14. The standard InChI is InChI=1S/C20H28ClN3O3/c1-15(25)22-9-3-4-19(26)18-7-6-17(21)14-16(18)5-8-20(27)24-12-10-23(2)11-13-24/h6-7,14H,3-5,8-13H2,1-2H3,(H,22,25). The zero-order valence-electron chi connectivity index (χ0n) is 16.1. The zero-order chi connectivity index (χ0) is 19.8. The highest BCUT2D eigenvalue weighted by Crippen LogP contribution is 2.20. The summed E-state index contributed by atoms with van der Waals surface area (Å²) in [5.41, 5.74) is 1.43. The van der Waals surface area contributed by atoms with Crippen LogP contribution in [0.5, 0.6) is 0 Å². The summed E-state index contributed by atoms with van der Waals surface area (Å²) in [6, 6.07) is 5.22. The number of nitrogens with zero attached hydrogens (tertiary/aromatic N) is 2. The molecule has 1 heterocycles. The molecular weight excluding hydrogens is 366 g/mol. The van der Waals surface area contributed by atoms with Crippen LogP contribution < -0.4 is 5.32 Å². The monoisotopic (exact) mass is 393 g/mol. The van der Waals surface area contributed by atoms with Gasteiger partial charge in [0.05, 0.1) is 0 Å². The minimum atomic E-state index is -0.1000. The predicted octanol–water partition coefficient (Wildman–Crippen LogP) is 2.15. The van der Waals surface area contributed by atoms with E-state index in [0.717, 1.165) is 31.7 Å². The lowest BCUT2D eigenvalue weighted by atomic mass is 9.97. The van der Waals surface area contributed by atoms with Crippen molar-refractivity contribution < 1.29 is 14.4 Å². The summed E-state index contributed by atoms with van der Waals surface area (Å²) in [6.45, 7) is 5.21. The van der Waals surface area contributed by atoms with E-state index in [1.54, 1.807) is 18.2 Å². The van der Waals surface area contributed by atoms with E-state index in [9.17, 15) is 14.4 Å². The Bertz CT molecular complexity index is 685. The first-order valence-corrected chi connectivity index (χ1v) is 9.77. The SMILES string of the molecule is CC(=O)NCCCC(=O)c1ccc(Cl)cc1CCC(=O)N1CCN(C)CC1. The van der Waals surface area contributed by atoms with E-state index in [0.29, 0.717) is 42.8 Å². The molecule has 1 fully saturated rings. The third-order valence-corrected chi connectivity index (χ3v) is 5.02. The normalized spacial score (nSPS) is 14.9. The average molecular weight is 394 g/mol. The molecule has 0 saturated carbocycles. The van der Waals surface area contributed by atoms with E-state index in [4.69, 9.17) is 11.6 Å². The molecule has 1 saturated heterocycles. The molecule has 2 rings (SSSR count). The molecule has 0 aromatic heterocycles. The van der Waals surface area contributed by atoms with E-state index < -0.39 is 0 Å². The first-order valence-electron chi connectivity index (χ1n) is 9.39. The number of nitrogens with one attached hydrogen (secondary N) is 1. The van der Waals surface area contributed by atoms with Gasteiger partial charge in [0, 0.05) is 63.1 Å². The van der Waals surface area contributed by atoms with Crippen LogP contribution >= 0.6 is 11.6 Å². The Morgan fingerprint density at radius 2 is 1.81 bits per heavy atom. The first-order chi connectivity index (χ1) is 12.9. The van der Waals surface area contributed by atoms with Crippen LogP contribution in [0.1, 0.15) is 42.1 Å². The van der Waals surface area contributed by atoms with E-state index >= 15 is 0 Å². The van der Waals surface area contributed by atoms with Crippen molar-refractivity contribution in [3.63, 3.8) is 0 Å². The first kappa shape index (κ1) is 21.4. The Morgan fingerprint density at radius 3 is 2.48 bits per heavy atom. The highest BCUT2D eigenvalue weighted by atomic mass is 35.5. The van der Waals surface area contributed by atoms with Crippen molar-refractivity contribution in [3.05, 3.63) is 34.3 Å². The number of halogens is 1. The summed E-state index contributed by atoms with van der Waals surface area (Å²) < 4.78 is 0. The molecule has 1 aromatic rings. The third kappa shape index (κ3) is 6.96. The number of rotatable bonds is 8. The topological polar surface area (TPSA) is 69.7 Å². The lowest BCUT2D eigenvalue weighted by Gasteiger charge is -2.32. The second-order valence-electron chi connectivity index (χ2n) is 7.00. The molecule has 1 aliphatic heterocycles. The largest absolute Gasteiger partial charge is 0.356 e. The van der Waals surface area contributed by atoms with Crippen LogP contribution in [-0.2, 0) is 16.0 Å². The van der Waals surface area contributed by atoms with Gasteiger partial charge in [0.25, 0.3) is 0 Å². The lowest BCUT2D eigenvalue weighted by molar-refractivity contribution is -0.132. The molecule has 7 heteroatoms. The number of ketones is 1. The number of benzene rings is 1. The number of carbonyl (C=O) groups excluding carboxylic acids is 3. The van der Waals surface area contributed by atoms with Gasteiger partial charge in [0.15, 0.2) is 5.78 Å². The van der Waals surface area contributed by atoms with Gasteiger partial charge in [-0.1, -0.05) is 11.6 Å². The summed E-state index contributed by atoms with van der Waals surface area (Å²) in [5, 5.41) is 3.25. The van der Waals surface area contributed by atoms with Gasteiger partial charge >= 0.3 is 0 Å². The van der Waals surface area contributed by atoms with Crippen molar-refractivity contribution in [1.82, 2.24) is 15.1 Å². The summed E-state index contributed by atoms with van der Waals surface area (Å²) >= 11 is 6.10. The summed E-state index contributed by atoms with van der Waals surface area (Å²) in [7, 11) is 2.05. The van der Waals surface area contributed by atoms with Gasteiger partial charge in [-0.05, 0) is 43.7 Å². The van der Waals surface area contributed by atoms with Crippen molar-refractivity contribution in [2.24, 2.45) is 0 Å². The Kier molecular flexibility index (Phi) is 8.25. The second kappa shape index (κ2) is 10.4. The summed E-state index contributed by atoms with van der Waals surface area (Å²) in [6.07, 6.45) is 1.80. The van der Waals surface area contributed by atoms with Gasteiger partial charge < -0.3 is 15.1 Å². The molecule has 148 valence electrons. The zero-order valence-corrected chi connectivity index (χ0v) is 16.8. The molecule has 0 unspecified atom stereocenters. The fourth-order valence-corrected chi connectivity index (χ4v) is 3.34. The minimum absolute atomic E-state index is 0.0130. The van der Waals surface area contributed by atoms with Crippen LogP contribution in [0.25, 0.3) is 0 Å². The number of carbonyl (C=O) groups is 3. The van der Waals surface area contributed by atoms with E-state index in [2.05, 4.69) is 17.3 Å². The van der Waals surface area contributed by atoms with Crippen molar-refractivity contribution in [1.29, 1.82) is 0 Å². The van der Waals surface area contributed by atoms with Gasteiger partial charge in [-0.2, -0.15) is 0 Å². The molecule has 27 heavy (non-hydrogen) atoms. The quantitative estimate of drug-likeness (QED) is 0.542. The van der Waals surface area contributed by atoms with E-state index in [1.807, 2.05) is 4.90 Å². The molecule has 6 nitrogen and oxygen atoms in total. The number of aryl methyl sites for hydroxylation is 1.